The summed E-state index contributed by atoms with van der Waals surface area (Å²) in [5, 5.41) is 0. The average Bonchev–Trinajstić information content (AvgIpc) is 2.38. The molecule has 0 amide bonds. The Labute approximate surface area is 133 Å². The Morgan fingerprint density at radius 3 is 2.32 bits per heavy atom. The third-order valence-corrected chi connectivity index (χ3v) is 6.07. The lowest BCUT2D eigenvalue weighted by Crippen LogP contribution is -2.38. The molecule has 126 valence electrons. The van der Waals surface area contributed by atoms with Crippen molar-refractivity contribution in [1.29, 1.82) is 0 Å². The highest BCUT2D eigenvalue weighted by atomic mass is 32.2. The van der Waals surface area contributed by atoms with Gasteiger partial charge in [-0.25, -0.2) is 21.6 Å². The molecule has 0 spiro atoms. The van der Waals surface area contributed by atoms with E-state index in [2.05, 4.69) is 4.72 Å². The molecule has 0 aliphatic carbocycles. The van der Waals surface area contributed by atoms with E-state index in [1.54, 1.807) is 6.92 Å². The van der Waals surface area contributed by atoms with Gasteiger partial charge in [-0.15, -0.1) is 0 Å². The molecule has 0 atom stereocenters. The van der Waals surface area contributed by atoms with Gasteiger partial charge in [0.05, 0.1) is 12.0 Å². The molecule has 8 heteroatoms. The summed E-state index contributed by atoms with van der Waals surface area (Å²) >= 11 is 0. The zero-order valence-electron chi connectivity index (χ0n) is 13.2. The molecule has 0 aromatic heterocycles. The van der Waals surface area contributed by atoms with E-state index in [9.17, 15) is 16.8 Å². The molecular formula is C14H24N2O4S2. The van der Waals surface area contributed by atoms with Crippen molar-refractivity contribution in [2.24, 2.45) is 0 Å². The minimum absolute atomic E-state index is 0.0453. The molecule has 0 aliphatic rings. The van der Waals surface area contributed by atoms with Crippen LogP contribution in [-0.2, 0) is 26.6 Å². The summed E-state index contributed by atoms with van der Waals surface area (Å²) < 4.78 is 50.7. The van der Waals surface area contributed by atoms with E-state index in [1.165, 1.54) is 4.31 Å². The van der Waals surface area contributed by atoms with E-state index in [0.29, 0.717) is 6.42 Å². The highest BCUT2D eigenvalue weighted by Crippen LogP contribution is 2.12. The lowest BCUT2D eigenvalue weighted by atomic mass is 10.1. The van der Waals surface area contributed by atoms with Gasteiger partial charge in [0.15, 0.2) is 0 Å². The molecule has 0 unspecified atom stereocenters. The molecule has 0 saturated heterocycles. The van der Waals surface area contributed by atoms with E-state index in [0.717, 1.165) is 17.4 Å². The summed E-state index contributed by atoms with van der Waals surface area (Å²) in [4.78, 5) is 0. The summed E-state index contributed by atoms with van der Waals surface area (Å²) in [5.41, 5.74) is 1.91. The maximum absolute atomic E-state index is 11.9. The molecule has 1 aromatic rings. The highest BCUT2D eigenvalue weighted by Gasteiger charge is 2.18. The van der Waals surface area contributed by atoms with E-state index in [-0.39, 0.29) is 25.4 Å². The number of rotatable bonds is 9. The molecule has 0 heterocycles. The molecule has 1 rings (SSSR count). The maximum atomic E-state index is 11.9. The van der Waals surface area contributed by atoms with Crippen molar-refractivity contribution in [3.8, 4) is 0 Å². The van der Waals surface area contributed by atoms with Crippen LogP contribution in [0.15, 0.2) is 24.3 Å². The molecule has 0 saturated carbocycles. The lowest BCUT2D eigenvalue weighted by molar-refractivity contribution is 0.411. The Kier molecular flexibility index (Phi) is 6.98. The van der Waals surface area contributed by atoms with Crippen LogP contribution in [0.2, 0.25) is 0 Å². The molecule has 0 fully saturated rings. The first-order chi connectivity index (χ1) is 10.2. The second kappa shape index (κ2) is 8.05. The van der Waals surface area contributed by atoms with Gasteiger partial charge in [0, 0.05) is 19.6 Å². The first-order valence-corrected chi connectivity index (χ1v) is 10.6. The summed E-state index contributed by atoms with van der Waals surface area (Å²) in [6, 6.07) is 7.53. The summed E-state index contributed by atoms with van der Waals surface area (Å²) in [6.45, 7) is 4.11. The van der Waals surface area contributed by atoms with Gasteiger partial charge in [-0.2, -0.15) is 4.31 Å². The number of hydrogen-bond acceptors (Lipinski definition) is 4. The second-order valence-corrected chi connectivity index (χ2v) is 9.15. The van der Waals surface area contributed by atoms with Crippen LogP contribution in [0, 0.1) is 6.92 Å². The number of nitrogens with zero attached hydrogens (tertiary/aromatic N) is 1. The Morgan fingerprint density at radius 2 is 1.77 bits per heavy atom. The predicted molar refractivity (Wildman–Crippen MR) is 88.5 cm³/mol. The van der Waals surface area contributed by atoms with Crippen molar-refractivity contribution in [2.75, 3.05) is 25.1 Å². The lowest BCUT2D eigenvalue weighted by Gasteiger charge is -2.21. The van der Waals surface area contributed by atoms with Crippen molar-refractivity contribution in [3.63, 3.8) is 0 Å². The van der Waals surface area contributed by atoms with Gasteiger partial charge in [0.25, 0.3) is 0 Å². The van der Waals surface area contributed by atoms with Crippen LogP contribution in [0.25, 0.3) is 0 Å². The first-order valence-electron chi connectivity index (χ1n) is 7.12. The molecule has 22 heavy (non-hydrogen) atoms. The van der Waals surface area contributed by atoms with Gasteiger partial charge in [-0.05, 0) is 24.5 Å². The van der Waals surface area contributed by atoms with Gasteiger partial charge in [0.1, 0.15) is 0 Å². The summed E-state index contributed by atoms with van der Waals surface area (Å²) in [7, 11) is -6.74. The fourth-order valence-electron chi connectivity index (χ4n) is 2.01. The van der Waals surface area contributed by atoms with Gasteiger partial charge in [-0.3, -0.25) is 0 Å². The van der Waals surface area contributed by atoms with E-state index >= 15 is 0 Å². The topological polar surface area (TPSA) is 83.6 Å². The van der Waals surface area contributed by atoms with E-state index in [1.807, 2.05) is 31.2 Å². The standard InChI is InChI=1S/C14H24N2O4S2/c1-4-11-22(19,20)15-9-10-16(21(3,17)18)12-14-8-6-5-7-13(14)2/h5-8,15H,4,9-12H2,1-3H3. The number of benzene rings is 1. The summed E-state index contributed by atoms with van der Waals surface area (Å²) in [5.74, 6) is 0.0453. The zero-order chi connectivity index (χ0) is 16.8. The fraction of sp³-hybridized carbons (Fsp3) is 0.571. The van der Waals surface area contributed by atoms with Crippen LogP contribution in [0.4, 0.5) is 0 Å². The van der Waals surface area contributed by atoms with Gasteiger partial charge in [-0.1, -0.05) is 31.2 Å². The third kappa shape index (κ3) is 6.43. The van der Waals surface area contributed by atoms with Gasteiger partial charge in [0.2, 0.25) is 20.0 Å². The van der Waals surface area contributed by atoms with Crippen LogP contribution in [-0.4, -0.2) is 46.2 Å². The third-order valence-electron chi connectivity index (χ3n) is 3.23. The minimum Gasteiger partial charge on any atom is -0.214 e. The normalized spacial score (nSPS) is 12.7. The molecule has 6 nitrogen and oxygen atoms in total. The van der Waals surface area contributed by atoms with E-state index in [4.69, 9.17) is 0 Å². The first kappa shape index (κ1) is 19.1. The Morgan fingerprint density at radius 1 is 1.14 bits per heavy atom. The quantitative estimate of drug-likeness (QED) is 0.724. The van der Waals surface area contributed by atoms with Crippen molar-refractivity contribution >= 4 is 20.0 Å². The van der Waals surface area contributed by atoms with Crippen molar-refractivity contribution in [1.82, 2.24) is 9.03 Å². The molecule has 0 aliphatic heterocycles. The smallest absolute Gasteiger partial charge is 0.211 e. The highest BCUT2D eigenvalue weighted by molar-refractivity contribution is 7.89. The van der Waals surface area contributed by atoms with Crippen LogP contribution < -0.4 is 4.72 Å². The SMILES string of the molecule is CCCS(=O)(=O)NCCN(Cc1ccccc1C)S(C)(=O)=O. The molecule has 0 bridgehead atoms. The van der Waals surface area contributed by atoms with Crippen LogP contribution in [0.1, 0.15) is 24.5 Å². The molecule has 1 aromatic carbocycles. The van der Waals surface area contributed by atoms with Crippen molar-refractivity contribution < 1.29 is 16.8 Å². The van der Waals surface area contributed by atoms with Crippen LogP contribution >= 0.6 is 0 Å². The van der Waals surface area contributed by atoms with Gasteiger partial charge < -0.3 is 0 Å². The minimum atomic E-state index is -3.41. The Balaban J connectivity index is 2.74. The van der Waals surface area contributed by atoms with Gasteiger partial charge >= 0.3 is 0 Å². The number of hydrogen-bond donors (Lipinski definition) is 1. The van der Waals surface area contributed by atoms with Crippen molar-refractivity contribution in [3.05, 3.63) is 35.4 Å². The monoisotopic (exact) mass is 348 g/mol. The van der Waals surface area contributed by atoms with Crippen LogP contribution in [0.3, 0.4) is 0 Å². The Hall–Kier alpha value is -0.960. The molecule has 1 N–H and O–H groups in total. The molecule has 0 radical (unpaired) electrons. The number of sulfonamides is 2. The predicted octanol–water partition coefficient (Wildman–Crippen LogP) is 1.09. The van der Waals surface area contributed by atoms with E-state index < -0.39 is 20.0 Å². The Bertz CT molecular complexity index is 685. The maximum Gasteiger partial charge on any atom is 0.211 e. The average molecular weight is 348 g/mol. The van der Waals surface area contributed by atoms with Crippen LogP contribution in [0.5, 0.6) is 0 Å². The number of nitrogens with one attached hydrogen (secondary N) is 1. The molecular weight excluding hydrogens is 324 g/mol. The fourth-order valence-corrected chi connectivity index (χ4v) is 3.89. The summed E-state index contributed by atoms with van der Waals surface area (Å²) in [6.07, 6.45) is 1.65. The van der Waals surface area contributed by atoms with Crippen molar-refractivity contribution in [2.45, 2.75) is 26.8 Å². The second-order valence-electron chi connectivity index (χ2n) is 5.24. The number of aryl methyl sites for hydroxylation is 1. The largest absolute Gasteiger partial charge is 0.214 e. The zero-order valence-corrected chi connectivity index (χ0v) is 14.9.